The van der Waals surface area contributed by atoms with Gasteiger partial charge in [-0.15, -0.1) is 0 Å². The van der Waals surface area contributed by atoms with E-state index in [2.05, 4.69) is 0 Å². The SMILES string of the molecule is CCC1O[C@H](O[C@H]2OC(CO)[C@@H](O)[C@H](O)C2F)[C@H](O)C(O)[C@@H]1O. The molecule has 0 aliphatic carbocycles. The van der Waals surface area contributed by atoms with Gasteiger partial charge in [-0.05, 0) is 6.42 Å². The molecular formula is C13H23FO9. The van der Waals surface area contributed by atoms with E-state index in [1.165, 1.54) is 0 Å². The van der Waals surface area contributed by atoms with Crippen molar-refractivity contribution in [3.05, 3.63) is 0 Å². The van der Waals surface area contributed by atoms with Gasteiger partial charge in [0, 0.05) is 0 Å². The highest BCUT2D eigenvalue weighted by atomic mass is 19.1. The molecule has 0 aromatic rings. The molecular weight excluding hydrogens is 319 g/mol. The topological polar surface area (TPSA) is 149 Å². The van der Waals surface area contributed by atoms with Crippen LogP contribution < -0.4 is 0 Å². The van der Waals surface area contributed by atoms with E-state index in [1.54, 1.807) is 6.92 Å². The maximum Gasteiger partial charge on any atom is 0.195 e. The standard InChI is InChI=1S/C13H23FO9/c1-2-4-7(16)10(19)11(20)13(21-4)23-12-6(14)9(18)8(17)5(3-15)22-12/h4-13,15-20H,2-3H2,1H3/t4?,5?,6?,7-,8-,9-,10?,11-,12-,13-/m1/s1. The van der Waals surface area contributed by atoms with Crippen molar-refractivity contribution in [3.8, 4) is 0 Å². The van der Waals surface area contributed by atoms with Crippen molar-refractivity contribution < 1.29 is 49.2 Å². The van der Waals surface area contributed by atoms with Gasteiger partial charge in [0.1, 0.15) is 36.6 Å². The van der Waals surface area contributed by atoms with Gasteiger partial charge in [-0.1, -0.05) is 6.92 Å². The molecule has 2 aliphatic rings. The molecule has 2 rings (SSSR count). The van der Waals surface area contributed by atoms with Gasteiger partial charge in [0.05, 0.1) is 12.7 Å². The normalized spacial score (nSPS) is 51.7. The van der Waals surface area contributed by atoms with E-state index in [0.717, 1.165) is 0 Å². The first-order valence-corrected chi connectivity index (χ1v) is 7.43. The van der Waals surface area contributed by atoms with Crippen molar-refractivity contribution in [2.75, 3.05) is 6.61 Å². The molecule has 0 amide bonds. The Morgan fingerprint density at radius 2 is 1.39 bits per heavy atom. The molecule has 9 nitrogen and oxygen atoms in total. The number of aliphatic hydroxyl groups is 6. The Bertz CT molecular complexity index is 348. The fourth-order valence-corrected chi connectivity index (χ4v) is 2.65. The largest absolute Gasteiger partial charge is 0.394 e. The number of alkyl halides is 1. The summed E-state index contributed by atoms with van der Waals surface area (Å²) in [5.74, 6) is 0. The number of hydrogen-bond acceptors (Lipinski definition) is 9. The minimum absolute atomic E-state index is 0.302. The molecule has 0 bridgehead atoms. The summed E-state index contributed by atoms with van der Waals surface area (Å²) in [5.41, 5.74) is 0. The summed E-state index contributed by atoms with van der Waals surface area (Å²) < 4.78 is 29.5. The highest BCUT2D eigenvalue weighted by molar-refractivity contribution is 4.92. The van der Waals surface area contributed by atoms with Crippen LogP contribution >= 0.6 is 0 Å². The first-order valence-electron chi connectivity index (χ1n) is 7.43. The molecule has 2 aliphatic heterocycles. The first-order chi connectivity index (χ1) is 10.8. The van der Waals surface area contributed by atoms with Crippen LogP contribution in [0, 0.1) is 0 Å². The number of hydrogen-bond donors (Lipinski definition) is 6. The maximum absolute atomic E-state index is 14.0. The number of halogens is 1. The summed E-state index contributed by atoms with van der Waals surface area (Å²) in [4.78, 5) is 0. The second-order valence-electron chi connectivity index (χ2n) is 5.71. The zero-order valence-corrected chi connectivity index (χ0v) is 12.5. The van der Waals surface area contributed by atoms with Crippen molar-refractivity contribution in [2.45, 2.75) is 74.8 Å². The molecule has 0 radical (unpaired) electrons. The minimum atomic E-state index is -2.16. The van der Waals surface area contributed by atoms with E-state index in [1.807, 2.05) is 0 Å². The lowest BCUT2D eigenvalue weighted by Gasteiger charge is -2.44. The van der Waals surface area contributed by atoms with E-state index < -0.39 is 68.1 Å². The minimum Gasteiger partial charge on any atom is -0.394 e. The quantitative estimate of drug-likeness (QED) is 0.314. The Morgan fingerprint density at radius 1 is 0.826 bits per heavy atom. The predicted octanol–water partition coefficient (Wildman–Crippen LogP) is -3.00. The average molecular weight is 342 g/mol. The second kappa shape index (κ2) is 7.64. The molecule has 0 aromatic heterocycles. The van der Waals surface area contributed by atoms with E-state index in [9.17, 15) is 29.9 Å². The van der Waals surface area contributed by atoms with E-state index in [-0.39, 0.29) is 0 Å². The molecule has 2 fully saturated rings. The van der Waals surface area contributed by atoms with Gasteiger partial charge < -0.3 is 44.8 Å². The van der Waals surface area contributed by atoms with Gasteiger partial charge in [-0.2, -0.15) is 0 Å². The lowest BCUT2D eigenvalue weighted by atomic mass is 9.97. The summed E-state index contributed by atoms with van der Waals surface area (Å²) >= 11 is 0. The first kappa shape index (κ1) is 18.9. The van der Waals surface area contributed by atoms with Crippen LogP contribution in [0.15, 0.2) is 0 Å². The van der Waals surface area contributed by atoms with Gasteiger partial charge in [0.2, 0.25) is 0 Å². The van der Waals surface area contributed by atoms with Crippen LogP contribution in [0.1, 0.15) is 13.3 Å². The number of rotatable bonds is 4. The van der Waals surface area contributed by atoms with Crippen molar-refractivity contribution in [3.63, 3.8) is 0 Å². The van der Waals surface area contributed by atoms with Crippen LogP contribution in [0.5, 0.6) is 0 Å². The maximum atomic E-state index is 14.0. The number of ether oxygens (including phenoxy) is 3. The molecule has 10 heteroatoms. The van der Waals surface area contributed by atoms with Gasteiger partial charge in [0.15, 0.2) is 18.8 Å². The fourth-order valence-electron chi connectivity index (χ4n) is 2.65. The van der Waals surface area contributed by atoms with Gasteiger partial charge in [0.25, 0.3) is 0 Å². The van der Waals surface area contributed by atoms with Crippen LogP contribution in [-0.4, -0.2) is 98.7 Å². The molecule has 2 heterocycles. The smallest absolute Gasteiger partial charge is 0.195 e. The molecule has 4 unspecified atom stereocenters. The van der Waals surface area contributed by atoms with Crippen molar-refractivity contribution in [1.82, 2.24) is 0 Å². The summed E-state index contributed by atoms with van der Waals surface area (Å²) in [7, 11) is 0. The average Bonchev–Trinajstić information content (AvgIpc) is 2.55. The lowest BCUT2D eigenvalue weighted by molar-refractivity contribution is -0.368. The molecule has 0 aromatic carbocycles. The third-order valence-electron chi connectivity index (χ3n) is 4.15. The predicted molar refractivity (Wildman–Crippen MR) is 70.7 cm³/mol. The monoisotopic (exact) mass is 342 g/mol. The Morgan fingerprint density at radius 3 is 1.96 bits per heavy atom. The van der Waals surface area contributed by atoms with Gasteiger partial charge in [-0.3, -0.25) is 0 Å². The molecule has 0 saturated carbocycles. The van der Waals surface area contributed by atoms with E-state index >= 15 is 0 Å². The van der Waals surface area contributed by atoms with Crippen LogP contribution in [-0.2, 0) is 14.2 Å². The van der Waals surface area contributed by atoms with Crippen molar-refractivity contribution >= 4 is 0 Å². The zero-order chi connectivity index (χ0) is 17.3. The van der Waals surface area contributed by atoms with Crippen molar-refractivity contribution in [1.29, 1.82) is 0 Å². The molecule has 0 spiro atoms. The Labute approximate surface area is 131 Å². The second-order valence-corrected chi connectivity index (χ2v) is 5.71. The Hall–Kier alpha value is -0.430. The highest BCUT2D eigenvalue weighted by Crippen LogP contribution is 2.29. The van der Waals surface area contributed by atoms with E-state index in [4.69, 9.17) is 19.3 Å². The van der Waals surface area contributed by atoms with Crippen LogP contribution in [0.4, 0.5) is 4.39 Å². The summed E-state index contributed by atoms with van der Waals surface area (Å²) in [6.45, 7) is 0.990. The van der Waals surface area contributed by atoms with Crippen LogP contribution in [0.2, 0.25) is 0 Å². The van der Waals surface area contributed by atoms with E-state index in [0.29, 0.717) is 6.42 Å². The van der Waals surface area contributed by atoms with Crippen molar-refractivity contribution in [2.24, 2.45) is 0 Å². The Balaban J connectivity index is 2.07. The molecule has 2 saturated heterocycles. The summed E-state index contributed by atoms with van der Waals surface area (Å²) in [6.07, 6.45) is -15.3. The zero-order valence-electron chi connectivity index (χ0n) is 12.5. The lowest BCUT2D eigenvalue weighted by Crippen LogP contribution is -2.62. The molecule has 136 valence electrons. The molecule has 6 N–H and O–H groups in total. The molecule has 10 atom stereocenters. The van der Waals surface area contributed by atoms with Gasteiger partial charge >= 0.3 is 0 Å². The Kier molecular flexibility index (Phi) is 6.28. The summed E-state index contributed by atoms with van der Waals surface area (Å²) in [5, 5.41) is 57.6. The van der Waals surface area contributed by atoms with Crippen LogP contribution in [0.25, 0.3) is 0 Å². The third kappa shape index (κ3) is 3.65. The highest BCUT2D eigenvalue weighted by Gasteiger charge is 2.50. The fraction of sp³-hybridized carbons (Fsp3) is 1.00. The summed E-state index contributed by atoms with van der Waals surface area (Å²) in [6, 6.07) is 0. The molecule has 23 heavy (non-hydrogen) atoms. The van der Waals surface area contributed by atoms with Gasteiger partial charge in [-0.25, -0.2) is 4.39 Å². The third-order valence-corrected chi connectivity index (χ3v) is 4.15. The van der Waals surface area contributed by atoms with Crippen LogP contribution in [0.3, 0.4) is 0 Å². The number of aliphatic hydroxyl groups excluding tert-OH is 6.